The molecule has 62 valence electrons. The van der Waals surface area contributed by atoms with Crippen molar-refractivity contribution >= 4 is 0 Å². The summed E-state index contributed by atoms with van der Waals surface area (Å²) in [6, 6.07) is 2.44. The molecular formula is C8H14N2O. The highest BCUT2D eigenvalue weighted by atomic mass is 16.3. The first kappa shape index (κ1) is 8.51. The van der Waals surface area contributed by atoms with Gasteiger partial charge in [-0.25, -0.2) is 0 Å². The highest BCUT2D eigenvalue weighted by Gasteiger charge is 2.23. The average molecular weight is 154 g/mol. The molecule has 0 aromatic heterocycles. The normalized spacial score (nSPS) is 28.3. The molecule has 1 heterocycles. The van der Waals surface area contributed by atoms with Crippen molar-refractivity contribution in [3.05, 3.63) is 0 Å². The predicted octanol–water partition coefficient (Wildman–Crippen LogP) is 0.355. The van der Waals surface area contributed by atoms with E-state index in [9.17, 15) is 5.11 Å². The van der Waals surface area contributed by atoms with Crippen LogP contribution in [0.1, 0.15) is 19.8 Å². The van der Waals surface area contributed by atoms with E-state index in [-0.39, 0.29) is 6.10 Å². The molecule has 0 saturated carbocycles. The van der Waals surface area contributed by atoms with Gasteiger partial charge in [0.25, 0.3) is 0 Å². The first-order valence-electron chi connectivity index (χ1n) is 4.03. The summed E-state index contributed by atoms with van der Waals surface area (Å²) in [4.78, 5) is 2.16. The summed E-state index contributed by atoms with van der Waals surface area (Å²) < 4.78 is 0. The molecule has 1 unspecified atom stereocenters. The first-order chi connectivity index (χ1) is 5.24. The zero-order chi connectivity index (χ0) is 8.27. The van der Waals surface area contributed by atoms with Gasteiger partial charge in [-0.3, -0.25) is 4.90 Å². The number of nitriles is 1. The van der Waals surface area contributed by atoms with Crippen LogP contribution in [0.25, 0.3) is 0 Å². The molecule has 0 aromatic carbocycles. The molecule has 1 fully saturated rings. The van der Waals surface area contributed by atoms with Gasteiger partial charge in [0.1, 0.15) is 0 Å². The van der Waals surface area contributed by atoms with Gasteiger partial charge in [-0.2, -0.15) is 5.26 Å². The molecule has 1 saturated heterocycles. The van der Waals surface area contributed by atoms with E-state index in [2.05, 4.69) is 11.0 Å². The fraction of sp³-hybridized carbons (Fsp3) is 0.875. The Balaban J connectivity index is 2.32. The minimum Gasteiger partial charge on any atom is -0.392 e. The van der Waals surface area contributed by atoms with Gasteiger partial charge in [-0.15, -0.1) is 0 Å². The van der Waals surface area contributed by atoms with Crippen LogP contribution in [0.3, 0.4) is 0 Å². The second kappa shape index (κ2) is 3.70. The van der Waals surface area contributed by atoms with Gasteiger partial charge in [0.05, 0.1) is 18.6 Å². The molecule has 0 aliphatic carbocycles. The van der Waals surface area contributed by atoms with E-state index in [1.165, 1.54) is 0 Å². The third-order valence-electron chi connectivity index (χ3n) is 2.20. The van der Waals surface area contributed by atoms with Crippen molar-refractivity contribution in [3.63, 3.8) is 0 Å². The molecule has 3 nitrogen and oxygen atoms in total. The fourth-order valence-corrected chi connectivity index (χ4v) is 1.43. The Morgan fingerprint density at radius 2 is 2.55 bits per heavy atom. The van der Waals surface area contributed by atoms with Gasteiger partial charge in [-0.1, -0.05) is 0 Å². The van der Waals surface area contributed by atoms with Crippen LogP contribution in [-0.2, 0) is 0 Å². The lowest BCUT2D eigenvalue weighted by Crippen LogP contribution is -2.31. The van der Waals surface area contributed by atoms with Gasteiger partial charge in [-0.05, 0) is 13.3 Å². The molecule has 0 radical (unpaired) electrons. The Labute approximate surface area is 67.2 Å². The van der Waals surface area contributed by atoms with Crippen LogP contribution in [0.2, 0.25) is 0 Å². The van der Waals surface area contributed by atoms with Crippen LogP contribution >= 0.6 is 0 Å². The summed E-state index contributed by atoms with van der Waals surface area (Å²) in [6.45, 7) is 3.70. The molecule has 0 bridgehead atoms. The highest BCUT2D eigenvalue weighted by Crippen LogP contribution is 2.13. The number of β-amino-alcohol motifs (C(OH)–C–C–N with tert-alkyl or cyclic N) is 1. The van der Waals surface area contributed by atoms with E-state index in [0.29, 0.717) is 12.5 Å². The van der Waals surface area contributed by atoms with Crippen molar-refractivity contribution < 1.29 is 5.11 Å². The Bertz CT molecular complexity index is 164. The molecule has 1 aliphatic heterocycles. The lowest BCUT2D eigenvalue weighted by atomic mass is 10.2. The fourth-order valence-electron chi connectivity index (χ4n) is 1.43. The van der Waals surface area contributed by atoms with E-state index in [1.54, 1.807) is 0 Å². The van der Waals surface area contributed by atoms with Gasteiger partial charge >= 0.3 is 0 Å². The quantitative estimate of drug-likeness (QED) is 0.624. The molecule has 0 amide bonds. The maximum Gasteiger partial charge on any atom is 0.0679 e. The summed E-state index contributed by atoms with van der Waals surface area (Å²) >= 11 is 0. The average Bonchev–Trinajstić information content (AvgIpc) is 2.36. The monoisotopic (exact) mass is 154 g/mol. The molecule has 1 aliphatic rings. The first-order valence-corrected chi connectivity index (χ1v) is 4.03. The second-order valence-corrected chi connectivity index (χ2v) is 3.15. The lowest BCUT2D eigenvalue weighted by Gasteiger charge is -2.20. The molecular weight excluding hydrogens is 140 g/mol. The Hall–Kier alpha value is -0.590. The predicted molar refractivity (Wildman–Crippen MR) is 41.9 cm³/mol. The topological polar surface area (TPSA) is 47.3 Å². The maximum absolute atomic E-state index is 9.19. The molecule has 2 atom stereocenters. The largest absolute Gasteiger partial charge is 0.392 e. The number of hydrogen-bond donors (Lipinski definition) is 1. The Morgan fingerprint density at radius 1 is 1.82 bits per heavy atom. The lowest BCUT2D eigenvalue weighted by molar-refractivity contribution is 0.163. The van der Waals surface area contributed by atoms with E-state index < -0.39 is 0 Å². The smallest absolute Gasteiger partial charge is 0.0679 e. The minimum atomic E-state index is -0.170. The second-order valence-electron chi connectivity index (χ2n) is 3.15. The highest BCUT2D eigenvalue weighted by molar-refractivity contribution is 4.84. The molecule has 1 N–H and O–H groups in total. The number of aliphatic hydroxyl groups is 1. The standard InChI is InChI=1S/C8H14N2O/c1-7(2-4-9)10-5-3-8(11)6-10/h7-8,11H,2-3,5-6H2,1H3/t7?,8-/m1/s1. The van der Waals surface area contributed by atoms with Crippen molar-refractivity contribution in [3.8, 4) is 6.07 Å². The van der Waals surface area contributed by atoms with Crippen molar-refractivity contribution in [2.45, 2.75) is 31.9 Å². The molecule has 3 heteroatoms. The number of nitrogens with zero attached hydrogens (tertiary/aromatic N) is 2. The number of rotatable bonds is 2. The molecule has 0 aromatic rings. The summed E-state index contributed by atoms with van der Waals surface area (Å²) in [5, 5.41) is 17.6. The van der Waals surface area contributed by atoms with Crippen LogP contribution in [-0.4, -0.2) is 35.2 Å². The Morgan fingerprint density at radius 3 is 3.00 bits per heavy atom. The van der Waals surface area contributed by atoms with Crippen molar-refractivity contribution in [1.82, 2.24) is 4.90 Å². The third kappa shape index (κ3) is 2.18. The van der Waals surface area contributed by atoms with Crippen molar-refractivity contribution in [2.24, 2.45) is 0 Å². The minimum absolute atomic E-state index is 0.170. The number of aliphatic hydroxyl groups excluding tert-OH is 1. The van der Waals surface area contributed by atoms with Crippen molar-refractivity contribution in [2.75, 3.05) is 13.1 Å². The van der Waals surface area contributed by atoms with Crippen LogP contribution in [0.4, 0.5) is 0 Å². The molecule has 11 heavy (non-hydrogen) atoms. The Kier molecular flexibility index (Phi) is 2.86. The SMILES string of the molecule is CC(CC#N)N1CC[C@@H](O)C1. The molecule has 0 spiro atoms. The zero-order valence-corrected chi connectivity index (χ0v) is 6.82. The zero-order valence-electron chi connectivity index (χ0n) is 6.82. The molecule has 1 rings (SSSR count). The van der Waals surface area contributed by atoms with Crippen LogP contribution in [0.5, 0.6) is 0 Å². The number of hydrogen-bond acceptors (Lipinski definition) is 3. The van der Waals surface area contributed by atoms with E-state index in [4.69, 9.17) is 5.26 Å². The summed E-state index contributed by atoms with van der Waals surface area (Å²) in [6.07, 6.45) is 1.25. The van der Waals surface area contributed by atoms with E-state index in [0.717, 1.165) is 19.5 Å². The van der Waals surface area contributed by atoms with Gasteiger partial charge < -0.3 is 5.11 Å². The number of likely N-dealkylation sites (tertiary alicyclic amines) is 1. The third-order valence-corrected chi connectivity index (χ3v) is 2.20. The summed E-state index contributed by atoms with van der Waals surface area (Å²) in [5.74, 6) is 0. The van der Waals surface area contributed by atoms with E-state index in [1.807, 2.05) is 6.92 Å². The summed E-state index contributed by atoms with van der Waals surface area (Å²) in [7, 11) is 0. The van der Waals surface area contributed by atoms with Gasteiger partial charge in [0.15, 0.2) is 0 Å². The van der Waals surface area contributed by atoms with Crippen LogP contribution < -0.4 is 0 Å². The van der Waals surface area contributed by atoms with Crippen molar-refractivity contribution in [1.29, 1.82) is 5.26 Å². The maximum atomic E-state index is 9.19. The van der Waals surface area contributed by atoms with Crippen LogP contribution in [0, 0.1) is 11.3 Å². The van der Waals surface area contributed by atoms with Gasteiger partial charge in [0.2, 0.25) is 0 Å². The van der Waals surface area contributed by atoms with E-state index >= 15 is 0 Å². The summed E-state index contributed by atoms with van der Waals surface area (Å²) in [5.41, 5.74) is 0. The van der Waals surface area contributed by atoms with Crippen LogP contribution in [0.15, 0.2) is 0 Å². The van der Waals surface area contributed by atoms with Gasteiger partial charge in [0, 0.05) is 19.1 Å².